The van der Waals surface area contributed by atoms with Crippen LogP contribution in [0.25, 0.3) is 11.0 Å². The molecule has 0 spiro atoms. The summed E-state index contributed by atoms with van der Waals surface area (Å²) in [6, 6.07) is 14.0. The van der Waals surface area contributed by atoms with Gasteiger partial charge in [0, 0.05) is 6.54 Å². The van der Waals surface area contributed by atoms with Crippen LogP contribution in [0.5, 0.6) is 0 Å². The topological polar surface area (TPSA) is 124 Å². The molecule has 1 atom stereocenters. The second-order valence-electron chi connectivity index (χ2n) is 8.18. The fourth-order valence-corrected chi connectivity index (χ4v) is 5.51. The molecule has 0 saturated carbocycles. The molecule has 0 bridgehead atoms. The molecule has 9 nitrogen and oxygen atoms in total. The summed E-state index contributed by atoms with van der Waals surface area (Å²) in [7, 11) is -3.98. The van der Waals surface area contributed by atoms with Crippen LogP contribution in [0.3, 0.4) is 0 Å². The monoisotopic (exact) mass is 472 g/mol. The molecule has 1 unspecified atom stereocenters. The number of aryl methyl sites for hydroxylation is 1. The number of H-pyrrole nitrogens is 2. The molecule has 33 heavy (non-hydrogen) atoms. The summed E-state index contributed by atoms with van der Waals surface area (Å²) in [5.41, 5.74) is 2.24. The lowest BCUT2D eigenvalue weighted by atomic mass is 10.1. The third-order valence-electron chi connectivity index (χ3n) is 5.74. The molecule has 0 amide bonds. The van der Waals surface area contributed by atoms with Crippen LogP contribution in [-0.4, -0.2) is 47.9 Å². The van der Waals surface area contributed by atoms with Crippen molar-refractivity contribution in [3.8, 4) is 0 Å². The highest BCUT2D eigenvalue weighted by Crippen LogP contribution is 2.24. The molecule has 10 heteroatoms. The smallest absolute Gasteiger partial charge is 0.324 e. The number of ether oxygens (including phenoxy) is 1. The first kappa shape index (κ1) is 23.1. The molecular weight excluding hydrogens is 444 g/mol. The Bertz CT molecular complexity index is 1250. The van der Waals surface area contributed by atoms with Crippen molar-refractivity contribution in [3.05, 3.63) is 64.6 Å². The summed E-state index contributed by atoms with van der Waals surface area (Å²) in [6.45, 7) is 0.507. The van der Waals surface area contributed by atoms with Crippen LogP contribution in [0.4, 0.5) is 5.69 Å². The summed E-state index contributed by atoms with van der Waals surface area (Å²) in [5.74, 6) is -0.509. The zero-order chi connectivity index (χ0) is 23.3. The van der Waals surface area contributed by atoms with Gasteiger partial charge in [0.1, 0.15) is 6.04 Å². The number of unbranched alkanes of at least 4 members (excludes halogenated alkanes) is 1. The number of esters is 1. The lowest BCUT2D eigenvalue weighted by Gasteiger charge is -2.33. The zero-order valence-corrected chi connectivity index (χ0v) is 19.1. The molecule has 0 aliphatic carbocycles. The van der Waals surface area contributed by atoms with Crippen molar-refractivity contribution < 1.29 is 17.9 Å². The Labute approximate surface area is 192 Å². The first-order valence-corrected chi connectivity index (χ1v) is 12.6. The van der Waals surface area contributed by atoms with Crippen molar-refractivity contribution in [1.82, 2.24) is 14.3 Å². The van der Waals surface area contributed by atoms with E-state index in [0.717, 1.165) is 19.3 Å². The number of carbonyl (C=O) groups is 1. The average molecular weight is 473 g/mol. The largest absolute Gasteiger partial charge is 0.464 e. The molecule has 1 saturated heterocycles. The summed E-state index contributed by atoms with van der Waals surface area (Å²) in [6.07, 6.45) is 4.36. The number of hydrogen-bond donors (Lipinski definition) is 3. The number of nitrogens with zero attached hydrogens (tertiary/aromatic N) is 1. The second-order valence-corrected chi connectivity index (χ2v) is 9.80. The van der Waals surface area contributed by atoms with Gasteiger partial charge >= 0.3 is 21.9 Å². The van der Waals surface area contributed by atoms with E-state index in [4.69, 9.17) is 4.74 Å². The number of nitrogens with one attached hydrogen (secondary N) is 3. The number of rotatable bonds is 9. The number of hydrogen-bond acceptors (Lipinski definition) is 5. The highest BCUT2D eigenvalue weighted by molar-refractivity contribution is 7.90. The van der Waals surface area contributed by atoms with Gasteiger partial charge in [-0.15, -0.1) is 0 Å². The highest BCUT2D eigenvalue weighted by Gasteiger charge is 2.37. The third-order valence-corrected chi connectivity index (χ3v) is 7.29. The second kappa shape index (κ2) is 10.2. The van der Waals surface area contributed by atoms with Crippen molar-refractivity contribution in [2.24, 2.45) is 0 Å². The maximum atomic E-state index is 13.1. The zero-order valence-electron chi connectivity index (χ0n) is 18.2. The molecule has 1 aliphatic heterocycles. The molecular formula is C23H28N4O5S. The number of carbonyl (C=O) groups excluding carboxylic acids is 1. The average Bonchev–Trinajstić information content (AvgIpc) is 3.18. The number of anilines is 1. The SMILES string of the molecule is O=C(OCCCCc1ccccc1)C1CCCCN1S(=O)(=O)Nc1ccc2[nH]c(=O)[nH]c2c1. The Balaban J connectivity index is 1.34. The van der Waals surface area contributed by atoms with E-state index < -0.39 is 22.2 Å². The summed E-state index contributed by atoms with van der Waals surface area (Å²) < 4.78 is 35.3. The maximum Gasteiger partial charge on any atom is 0.324 e. The van der Waals surface area contributed by atoms with Crippen molar-refractivity contribution in [3.63, 3.8) is 0 Å². The van der Waals surface area contributed by atoms with E-state index in [1.807, 2.05) is 18.2 Å². The number of imidazole rings is 1. The van der Waals surface area contributed by atoms with Crippen LogP contribution in [0.2, 0.25) is 0 Å². The molecule has 3 aromatic rings. The highest BCUT2D eigenvalue weighted by atomic mass is 32.2. The quantitative estimate of drug-likeness (QED) is 0.326. The molecule has 3 N–H and O–H groups in total. The Morgan fingerprint density at radius 3 is 2.67 bits per heavy atom. The van der Waals surface area contributed by atoms with E-state index in [1.54, 1.807) is 12.1 Å². The number of benzene rings is 2. The van der Waals surface area contributed by atoms with Crippen LogP contribution < -0.4 is 10.4 Å². The van der Waals surface area contributed by atoms with E-state index in [2.05, 4.69) is 26.8 Å². The van der Waals surface area contributed by atoms with E-state index in [0.29, 0.717) is 36.0 Å². The van der Waals surface area contributed by atoms with Gasteiger partial charge in [0.25, 0.3) is 0 Å². The number of aromatic nitrogens is 2. The van der Waals surface area contributed by atoms with E-state index >= 15 is 0 Å². The standard InChI is InChI=1S/C23H28N4O5S/c28-22(32-15-7-5-10-17-8-2-1-3-9-17)21-11-4-6-14-27(21)33(30,31)26-18-12-13-19-20(16-18)25-23(29)24-19/h1-3,8-9,12-13,16,21,26H,4-7,10-11,14-15H2,(H2,24,25,29). The van der Waals surface area contributed by atoms with Crippen LogP contribution in [0.1, 0.15) is 37.7 Å². The van der Waals surface area contributed by atoms with E-state index in [9.17, 15) is 18.0 Å². The Kier molecular flexibility index (Phi) is 7.14. The van der Waals surface area contributed by atoms with Gasteiger partial charge in [-0.1, -0.05) is 30.3 Å². The maximum absolute atomic E-state index is 13.1. The number of fused-ring (bicyclic) bond motifs is 1. The third kappa shape index (κ3) is 5.82. The van der Waals surface area contributed by atoms with E-state index in [1.165, 1.54) is 15.9 Å². The van der Waals surface area contributed by atoms with Gasteiger partial charge in [0.2, 0.25) is 0 Å². The van der Waals surface area contributed by atoms with E-state index in [-0.39, 0.29) is 18.8 Å². The molecule has 176 valence electrons. The molecule has 1 fully saturated rings. The molecule has 1 aromatic heterocycles. The predicted octanol–water partition coefficient (Wildman–Crippen LogP) is 2.93. The Hall–Kier alpha value is -3.11. The van der Waals surface area contributed by atoms with Crippen molar-refractivity contribution in [1.29, 1.82) is 0 Å². The summed E-state index contributed by atoms with van der Waals surface area (Å²) in [4.78, 5) is 29.4. The van der Waals surface area contributed by atoms with Crippen molar-refractivity contribution >= 4 is 32.9 Å². The Morgan fingerprint density at radius 1 is 1.06 bits per heavy atom. The van der Waals surface area contributed by atoms with Gasteiger partial charge in [0.15, 0.2) is 0 Å². The van der Waals surface area contributed by atoms with Gasteiger partial charge in [0.05, 0.1) is 23.3 Å². The minimum atomic E-state index is -3.98. The molecule has 2 aromatic carbocycles. The minimum Gasteiger partial charge on any atom is -0.464 e. The molecule has 1 aliphatic rings. The first-order valence-electron chi connectivity index (χ1n) is 11.1. The summed E-state index contributed by atoms with van der Waals surface area (Å²) >= 11 is 0. The van der Waals surface area contributed by atoms with Crippen LogP contribution in [-0.2, 0) is 26.2 Å². The predicted molar refractivity (Wildman–Crippen MR) is 126 cm³/mol. The minimum absolute atomic E-state index is 0.242. The normalized spacial score (nSPS) is 17.2. The number of piperidine rings is 1. The molecule has 0 radical (unpaired) electrons. The number of aromatic amines is 2. The fourth-order valence-electron chi connectivity index (χ4n) is 4.08. The van der Waals surface area contributed by atoms with Gasteiger partial charge in [-0.25, -0.2) is 4.79 Å². The fraction of sp³-hybridized carbons (Fsp3) is 0.391. The van der Waals surface area contributed by atoms with Crippen LogP contribution in [0.15, 0.2) is 53.3 Å². The van der Waals surface area contributed by atoms with Gasteiger partial charge in [-0.2, -0.15) is 12.7 Å². The van der Waals surface area contributed by atoms with Gasteiger partial charge < -0.3 is 14.7 Å². The van der Waals surface area contributed by atoms with Crippen molar-refractivity contribution in [2.75, 3.05) is 17.9 Å². The Morgan fingerprint density at radius 2 is 1.85 bits per heavy atom. The van der Waals surface area contributed by atoms with Gasteiger partial charge in [-0.05, 0) is 62.3 Å². The van der Waals surface area contributed by atoms with Crippen LogP contribution >= 0.6 is 0 Å². The molecule has 2 heterocycles. The first-order chi connectivity index (χ1) is 15.9. The lowest BCUT2D eigenvalue weighted by molar-refractivity contribution is -0.149. The van der Waals surface area contributed by atoms with Crippen molar-refractivity contribution in [2.45, 2.75) is 44.6 Å². The summed E-state index contributed by atoms with van der Waals surface area (Å²) in [5, 5.41) is 0. The lowest BCUT2D eigenvalue weighted by Crippen LogP contribution is -2.50. The molecule has 4 rings (SSSR count). The van der Waals surface area contributed by atoms with Gasteiger partial charge in [-0.3, -0.25) is 9.52 Å². The van der Waals surface area contributed by atoms with Crippen LogP contribution in [0, 0.1) is 0 Å².